The molecule has 0 spiro atoms. The van der Waals surface area contributed by atoms with Crippen LogP contribution < -0.4 is 5.73 Å². The molecule has 1 unspecified atom stereocenters. The molecule has 0 fully saturated rings. The van der Waals surface area contributed by atoms with E-state index in [-0.39, 0.29) is 30.1 Å². The first-order valence-corrected chi connectivity index (χ1v) is 5.69. The number of hydrogen-bond donors (Lipinski definition) is 1. The number of nitrogens with two attached hydrogens (primary N) is 1. The fraction of sp³-hybridized carbons (Fsp3) is 0.0667. The zero-order valence-corrected chi connectivity index (χ0v) is 12.2. The van der Waals surface area contributed by atoms with E-state index in [0.717, 1.165) is 11.0 Å². The Labute approximate surface area is 123 Å². The molecule has 0 saturated carbocycles. The predicted molar refractivity (Wildman–Crippen MR) is 88.3 cm³/mol. The summed E-state index contributed by atoms with van der Waals surface area (Å²) in [6.45, 7) is 3.78. The Kier molecular flexibility index (Phi) is 3.73. The molecule has 0 aliphatic heterocycles. The molecule has 1 aromatic heterocycles. The van der Waals surface area contributed by atoms with Gasteiger partial charge in [-0.25, -0.2) is 0 Å². The van der Waals surface area contributed by atoms with Gasteiger partial charge in [0.1, 0.15) is 6.17 Å². The standard InChI is InChI=1S/C15H14N2.HI/c1-2-15(16)17-13-9-5-3-7-11(13)12-8-4-6-10-14(12)17;/h2-10,15H,1,16H2;1H. The maximum atomic E-state index is 6.12. The lowest BCUT2D eigenvalue weighted by Gasteiger charge is -2.12. The average Bonchev–Trinajstić information content (AvgIpc) is 2.72. The van der Waals surface area contributed by atoms with Crippen molar-refractivity contribution in [3.05, 3.63) is 61.2 Å². The third-order valence-corrected chi connectivity index (χ3v) is 3.16. The molecule has 2 nitrogen and oxygen atoms in total. The summed E-state index contributed by atoms with van der Waals surface area (Å²) in [7, 11) is 0. The number of fused-ring (bicyclic) bond motifs is 3. The van der Waals surface area contributed by atoms with Gasteiger partial charge in [-0.15, -0.1) is 24.0 Å². The van der Waals surface area contributed by atoms with Crippen LogP contribution in [-0.4, -0.2) is 4.57 Å². The van der Waals surface area contributed by atoms with E-state index < -0.39 is 0 Å². The van der Waals surface area contributed by atoms with Crippen molar-refractivity contribution in [2.75, 3.05) is 0 Å². The van der Waals surface area contributed by atoms with Crippen molar-refractivity contribution in [3.63, 3.8) is 0 Å². The minimum Gasteiger partial charge on any atom is -0.321 e. The third kappa shape index (κ3) is 1.83. The van der Waals surface area contributed by atoms with Gasteiger partial charge in [-0.1, -0.05) is 49.1 Å². The van der Waals surface area contributed by atoms with Crippen LogP contribution in [0.1, 0.15) is 6.17 Å². The summed E-state index contributed by atoms with van der Waals surface area (Å²) in [6.07, 6.45) is 1.57. The molecule has 3 rings (SSSR count). The summed E-state index contributed by atoms with van der Waals surface area (Å²) in [5.41, 5.74) is 8.42. The summed E-state index contributed by atoms with van der Waals surface area (Å²) < 4.78 is 2.12. The maximum Gasteiger partial charge on any atom is 0.101 e. The molecule has 2 aromatic carbocycles. The van der Waals surface area contributed by atoms with Crippen molar-refractivity contribution < 1.29 is 0 Å². The minimum atomic E-state index is -0.195. The molecule has 3 aromatic rings. The van der Waals surface area contributed by atoms with Gasteiger partial charge >= 0.3 is 0 Å². The van der Waals surface area contributed by atoms with Gasteiger partial charge in [-0.2, -0.15) is 0 Å². The first kappa shape index (κ1) is 13.1. The Morgan fingerprint density at radius 3 is 1.83 bits per heavy atom. The topological polar surface area (TPSA) is 30.9 Å². The van der Waals surface area contributed by atoms with E-state index in [1.165, 1.54) is 10.8 Å². The highest BCUT2D eigenvalue weighted by Gasteiger charge is 2.12. The fourth-order valence-corrected chi connectivity index (χ4v) is 2.38. The summed E-state index contributed by atoms with van der Waals surface area (Å²) in [6, 6.07) is 16.6. The second-order valence-electron chi connectivity index (χ2n) is 4.13. The van der Waals surface area contributed by atoms with Crippen LogP contribution in [0.3, 0.4) is 0 Å². The minimum absolute atomic E-state index is 0. The number of nitrogens with zero attached hydrogens (tertiary/aromatic N) is 1. The number of benzene rings is 2. The zero-order chi connectivity index (χ0) is 11.8. The van der Waals surface area contributed by atoms with Gasteiger partial charge < -0.3 is 10.3 Å². The van der Waals surface area contributed by atoms with E-state index in [2.05, 4.69) is 47.5 Å². The summed E-state index contributed by atoms with van der Waals surface area (Å²) in [4.78, 5) is 0. The Balaban J connectivity index is 0.00000120. The molecule has 18 heavy (non-hydrogen) atoms. The number of halogens is 1. The molecular formula is C15H15IN2. The Hall–Kier alpha value is -1.33. The molecular weight excluding hydrogens is 335 g/mol. The Morgan fingerprint density at radius 1 is 0.944 bits per heavy atom. The van der Waals surface area contributed by atoms with E-state index in [4.69, 9.17) is 5.73 Å². The SMILES string of the molecule is C=CC(N)n1c2ccccc2c2ccccc21.I. The van der Waals surface area contributed by atoms with Gasteiger partial charge in [0, 0.05) is 10.8 Å². The van der Waals surface area contributed by atoms with Crippen LogP contribution >= 0.6 is 24.0 Å². The lowest BCUT2D eigenvalue weighted by Crippen LogP contribution is -2.15. The highest BCUT2D eigenvalue weighted by atomic mass is 127. The zero-order valence-electron chi connectivity index (χ0n) is 9.91. The van der Waals surface area contributed by atoms with E-state index >= 15 is 0 Å². The molecule has 0 bridgehead atoms. The summed E-state index contributed by atoms with van der Waals surface area (Å²) >= 11 is 0. The number of para-hydroxylation sites is 2. The van der Waals surface area contributed by atoms with Gasteiger partial charge in [-0.3, -0.25) is 0 Å². The smallest absolute Gasteiger partial charge is 0.101 e. The second kappa shape index (κ2) is 5.12. The van der Waals surface area contributed by atoms with Crippen molar-refractivity contribution in [2.45, 2.75) is 6.17 Å². The van der Waals surface area contributed by atoms with E-state index in [1.54, 1.807) is 6.08 Å². The van der Waals surface area contributed by atoms with Gasteiger partial charge in [0.05, 0.1) is 11.0 Å². The molecule has 0 aliphatic rings. The van der Waals surface area contributed by atoms with Gasteiger partial charge in [-0.05, 0) is 12.1 Å². The Morgan fingerprint density at radius 2 is 1.39 bits per heavy atom. The molecule has 1 atom stereocenters. The van der Waals surface area contributed by atoms with Crippen molar-refractivity contribution in [1.82, 2.24) is 4.57 Å². The first-order chi connectivity index (χ1) is 8.33. The van der Waals surface area contributed by atoms with Gasteiger partial charge in [0.15, 0.2) is 0 Å². The molecule has 0 amide bonds. The fourth-order valence-electron chi connectivity index (χ4n) is 2.38. The maximum absolute atomic E-state index is 6.12. The molecule has 2 N–H and O–H groups in total. The highest BCUT2D eigenvalue weighted by Crippen LogP contribution is 2.30. The van der Waals surface area contributed by atoms with Crippen LogP contribution in [0.5, 0.6) is 0 Å². The average molecular weight is 350 g/mol. The highest BCUT2D eigenvalue weighted by molar-refractivity contribution is 14.0. The van der Waals surface area contributed by atoms with Crippen molar-refractivity contribution in [1.29, 1.82) is 0 Å². The van der Waals surface area contributed by atoms with Crippen LogP contribution in [-0.2, 0) is 0 Å². The van der Waals surface area contributed by atoms with E-state index in [9.17, 15) is 0 Å². The van der Waals surface area contributed by atoms with Crippen LogP contribution in [0.2, 0.25) is 0 Å². The van der Waals surface area contributed by atoms with Crippen molar-refractivity contribution in [3.8, 4) is 0 Å². The molecule has 3 heteroatoms. The summed E-state index contributed by atoms with van der Waals surface area (Å²) in [5, 5.41) is 2.47. The van der Waals surface area contributed by atoms with Gasteiger partial charge in [0.2, 0.25) is 0 Å². The normalized spacial score (nSPS) is 12.3. The van der Waals surface area contributed by atoms with Crippen LogP contribution in [0.25, 0.3) is 21.8 Å². The Bertz CT molecular complexity index is 647. The van der Waals surface area contributed by atoms with E-state index in [1.807, 2.05) is 12.1 Å². The number of rotatable bonds is 2. The molecule has 92 valence electrons. The number of aromatic nitrogens is 1. The first-order valence-electron chi connectivity index (χ1n) is 5.69. The van der Waals surface area contributed by atoms with E-state index in [0.29, 0.717) is 0 Å². The van der Waals surface area contributed by atoms with Crippen LogP contribution in [0, 0.1) is 0 Å². The molecule has 0 aliphatic carbocycles. The third-order valence-electron chi connectivity index (χ3n) is 3.16. The molecule has 0 radical (unpaired) electrons. The summed E-state index contributed by atoms with van der Waals surface area (Å²) in [5.74, 6) is 0. The predicted octanol–water partition coefficient (Wildman–Crippen LogP) is 4.06. The van der Waals surface area contributed by atoms with Crippen LogP contribution in [0.15, 0.2) is 61.2 Å². The van der Waals surface area contributed by atoms with Crippen molar-refractivity contribution in [2.24, 2.45) is 5.73 Å². The quantitative estimate of drug-likeness (QED) is 0.549. The van der Waals surface area contributed by atoms with Crippen molar-refractivity contribution >= 4 is 45.8 Å². The lowest BCUT2D eigenvalue weighted by atomic mass is 10.2. The largest absolute Gasteiger partial charge is 0.321 e. The van der Waals surface area contributed by atoms with Crippen LogP contribution in [0.4, 0.5) is 0 Å². The molecule has 0 saturated heterocycles. The van der Waals surface area contributed by atoms with Gasteiger partial charge in [0.25, 0.3) is 0 Å². The monoisotopic (exact) mass is 350 g/mol. The number of hydrogen-bond acceptors (Lipinski definition) is 1. The second-order valence-corrected chi connectivity index (χ2v) is 4.13. The lowest BCUT2D eigenvalue weighted by molar-refractivity contribution is 0.678. The molecule has 1 heterocycles.